The van der Waals surface area contributed by atoms with Crippen molar-refractivity contribution in [1.82, 2.24) is 0 Å². The topological polar surface area (TPSA) is 55.8 Å². The predicted molar refractivity (Wildman–Crippen MR) is 127 cm³/mol. The van der Waals surface area contributed by atoms with E-state index in [9.17, 15) is 9.59 Å². The Bertz CT molecular complexity index is 1050. The number of methoxy groups -OCH3 is 2. The first-order valence-corrected chi connectivity index (χ1v) is 10.8. The van der Waals surface area contributed by atoms with Crippen molar-refractivity contribution in [3.05, 3.63) is 83.4 Å². The molecule has 0 bridgehead atoms. The quantitative estimate of drug-likeness (QED) is 0.256. The van der Waals surface area contributed by atoms with Crippen molar-refractivity contribution in [1.29, 1.82) is 0 Å². The van der Waals surface area contributed by atoms with Gasteiger partial charge in [0.05, 0.1) is 19.9 Å². The molecular formula is C26H26ClNO4. The third-order valence-electron chi connectivity index (χ3n) is 5.19. The van der Waals surface area contributed by atoms with Gasteiger partial charge in [-0.2, -0.15) is 0 Å². The van der Waals surface area contributed by atoms with E-state index in [0.29, 0.717) is 29.4 Å². The standard InChI is InChI=1S/C26H26ClNO4/c1-31-24-16-13-21(20-11-14-22(27)15-12-20)18-23(24)28(25(29)26(30)32-2)17-7-6-10-19-8-4-3-5-9-19/h3-5,8-9,11-16,18H,6-7,10,17H2,1-2H3. The molecule has 32 heavy (non-hydrogen) atoms. The number of benzene rings is 3. The molecule has 0 spiro atoms. The van der Waals surface area contributed by atoms with Gasteiger partial charge in [0, 0.05) is 11.6 Å². The van der Waals surface area contributed by atoms with Gasteiger partial charge in [-0.25, -0.2) is 4.79 Å². The number of halogens is 1. The second kappa shape index (κ2) is 11.3. The van der Waals surface area contributed by atoms with Crippen molar-refractivity contribution in [3.8, 4) is 16.9 Å². The van der Waals surface area contributed by atoms with Gasteiger partial charge in [-0.05, 0) is 60.2 Å². The molecule has 0 heterocycles. The van der Waals surface area contributed by atoms with Gasteiger partial charge in [0.1, 0.15) is 5.75 Å². The molecule has 3 rings (SSSR count). The number of hydrogen-bond acceptors (Lipinski definition) is 4. The van der Waals surface area contributed by atoms with Gasteiger partial charge >= 0.3 is 11.9 Å². The summed E-state index contributed by atoms with van der Waals surface area (Å²) in [7, 11) is 2.74. The lowest BCUT2D eigenvalue weighted by molar-refractivity contribution is -0.151. The van der Waals surface area contributed by atoms with Crippen LogP contribution in [-0.2, 0) is 20.7 Å². The number of unbranched alkanes of at least 4 members (excludes halogenated alkanes) is 1. The van der Waals surface area contributed by atoms with Crippen LogP contribution in [-0.4, -0.2) is 32.6 Å². The van der Waals surface area contributed by atoms with E-state index in [4.69, 9.17) is 21.1 Å². The molecule has 0 saturated heterocycles. The van der Waals surface area contributed by atoms with Crippen LogP contribution in [0, 0.1) is 0 Å². The normalized spacial score (nSPS) is 10.5. The highest BCUT2D eigenvalue weighted by atomic mass is 35.5. The summed E-state index contributed by atoms with van der Waals surface area (Å²) in [6.07, 6.45) is 2.48. The summed E-state index contributed by atoms with van der Waals surface area (Å²) >= 11 is 6.01. The minimum absolute atomic E-state index is 0.362. The van der Waals surface area contributed by atoms with Gasteiger partial charge in [0.2, 0.25) is 0 Å². The summed E-state index contributed by atoms with van der Waals surface area (Å²) in [4.78, 5) is 26.4. The molecule has 0 N–H and O–H groups in total. The van der Waals surface area contributed by atoms with Crippen molar-refractivity contribution in [2.45, 2.75) is 19.3 Å². The van der Waals surface area contributed by atoms with Crippen LogP contribution in [0.2, 0.25) is 5.02 Å². The number of hydrogen-bond donors (Lipinski definition) is 0. The van der Waals surface area contributed by atoms with Crippen molar-refractivity contribution < 1.29 is 19.1 Å². The van der Waals surface area contributed by atoms with Crippen LogP contribution in [0.4, 0.5) is 5.69 Å². The smallest absolute Gasteiger partial charge is 0.397 e. The van der Waals surface area contributed by atoms with Gasteiger partial charge in [-0.1, -0.05) is 60.1 Å². The maximum Gasteiger partial charge on any atom is 0.397 e. The summed E-state index contributed by atoms with van der Waals surface area (Å²) in [5, 5.41) is 0.642. The van der Waals surface area contributed by atoms with Crippen molar-refractivity contribution >= 4 is 29.2 Å². The number of carbonyl (C=O) groups is 2. The number of carbonyl (C=O) groups excluding carboxylic acids is 2. The lowest BCUT2D eigenvalue weighted by Crippen LogP contribution is -2.38. The lowest BCUT2D eigenvalue weighted by atomic mass is 10.0. The fourth-order valence-electron chi connectivity index (χ4n) is 3.50. The third kappa shape index (κ3) is 5.89. The summed E-state index contributed by atoms with van der Waals surface area (Å²) in [5.41, 5.74) is 3.58. The summed E-state index contributed by atoms with van der Waals surface area (Å²) in [6, 6.07) is 23.1. The monoisotopic (exact) mass is 451 g/mol. The second-order valence-corrected chi connectivity index (χ2v) is 7.72. The van der Waals surface area contributed by atoms with Crippen LogP contribution < -0.4 is 9.64 Å². The summed E-state index contributed by atoms with van der Waals surface area (Å²) in [6.45, 7) is 0.362. The molecule has 3 aromatic carbocycles. The highest BCUT2D eigenvalue weighted by molar-refractivity contribution is 6.38. The van der Waals surface area contributed by atoms with E-state index in [1.54, 1.807) is 6.07 Å². The lowest BCUT2D eigenvalue weighted by Gasteiger charge is -2.24. The van der Waals surface area contributed by atoms with Crippen LogP contribution in [0.1, 0.15) is 18.4 Å². The molecule has 0 aliphatic rings. The Kier molecular flexibility index (Phi) is 8.28. The van der Waals surface area contributed by atoms with Gasteiger partial charge in [0.15, 0.2) is 0 Å². The Balaban J connectivity index is 1.86. The minimum Gasteiger partial charge on any atom is -0.495 e. The Morgan fingerprint density at radius 1 is 0.875 bits per heavy atom. The zero-order chi connectivity index (χ0) is 22.9. The largest absolute Gasteiger partial charge is 0.495 e. The first-order chi connectivity index (χ1) is 15.5. The summed E-state index contributed by atoms with van der Waals surface area (Å²) < 4.78 is 10.2. The van der Waals surface area contributed by atoms with Crippen molar-refractivity contribution in [2.75, 3.05) is 25.7 Å². The number of aryl methyl sites for hydroxylation is 1. The van der Waals surface area contributed by atoms with Crippen LogP contribution in [0.15, 0.2) is 72.8 Å². The molecule has 0 radical (unpaired) electrons. The molecular weight excluding hydrogens is 426 g/mol. The molecule has 0 fully saturated rings. The van der Waals surface area contributed by atoms with Gasteiger partial charge < -0.3 is 9.47 Å². The molecule has 0 unspecified atom stereocenters. The average molecular weight is 452 g/mol. The minimum atomic E-state index is -0.910. The zero-order valence-corrected chi connectivity index (χ0v) is 19.0. The third-order valence-corrected chi connectivity index (χ3v) is 5.44. The van der Waals surface area contributed by atoms with Gasteiger partial charge in [-0.15, -0.1) is 0 Å². The molecule has 3 aromatic rings. The number of rotatable bonds is 8. The maximum absolute atomic E-state index is 12.9. The first kappa shape index (κ1) is 23.4. The number of ether oxygens (including phenoxy) is 2. The SMILES string of the molecule is COC(=O)C(=O)N(CCCCc1ccccc1)c1cc(-c2ccc(Cl)cc2)ccc1OC. The molecule has 6 heteroatoms. The van der Waals surface area contributed by atoms with E-state index < -0.39 is 11.9 Å². The predicted octanol–water partition coefficient (Wildman–Crippen LogP) is 5.54. The Morgan fingerprint density at radius 3 is 2.22 bits per heavy atom. The van der Waals surface area contributed by atoms with Crippen molar-refractivity contribution in [2.24, 2.45) is 0 Å². The Labute approximate surface area is 193 Å². The van der Waals surface area contributed by atoms with Crippen LogP contribution in [0.25, 0.3) is 11.1 Å². The van der Waals surface area contributed by atoms with Gasteiger partial charge in [-0.3, -0.25) is 9.69 Å². The van der Waals surface area contributed by atoms with E-state index in [1.165, 1.54) is 24.7 Å². The van der Waals surface area contributed by atoms with E-state index >= 15 is 0 Å². The molecule has 1 amide bonds. The molecule has 166 valence electrons. The zero-order valence-electron chi connectivity index (χ0n) is 18.2. The highest BCUT2D eigenvalue weighted by Crippen LogP contribution is 2.34. The molecule has 0 atom stereocenters. The fourth-order valence-corrected chi connectivity index (χ4v) is 3.62. The number of esters is 1. The second-order valence-electron chi connectivity index (χ2n) is 7.28. The van der Waals surface area contributed by atoms with Crippen LogP contribution in [0.5, 0.6) is 5.75 Å². The summed E-state index contributed by atoms with van der Waals surface area (Å²) in [5.74, 6) is -1.13. The van der Waals surface area contributed by atoms with E-state index in [2.05, 4.69) is 12.1 Å². The Hall–Kier alpha value is -3.31. The van der Waals surface area contributed by atoms with Crippen molar-refractivity contribution in [3.63, 3.8) is 0 Å². The highest BCUT2D eigenvalue weighted by Gasteiger charge is 2.26. The number of anilines is 1. The molecule has 0 aliphatic heterocycles. The first-order valence-electron chi connectivity index (χ1n) is 10.4. The Morgan fingerprint density at radius 2 is 1.56 bits per heavy atom. The number of amides is 1. The van der Waals surface area contributed by atoms with E-state index in [1.807, 2.05) is 54.6 Å². The van der Waals surface area contributed by atoms with Gasteiger partial charge in [0.25, 0.3) is 0 Å². The molecule has 0 aliphatic carbocycles. The van der Waals surface area contributed by atoms with E-state index in [-0.39, 0.29) is 0 Å². The number of nitrogens with zero attached hydrogens (tertiary/aromatic N) is 1. The fraction of sp³-hybridized carbons (Fsp3) is 0.231. The van der Waals surface area contributed by atoms with Crippen LogP contribution >= 0.6 is 11.6 Å². The molecule has 0 aromatic heterocycles. The maximum atomic E-state index is 12.9. The molecule has 0 saturated carbocycles. The van der Waals surface area contributed by atoms with E-state index in [0.717, 1.165) is 24.0 Å². The average Bonchev–Trinajstić information content (AvgIpc) is 2.84. The molecule has 5 nitrogen and oxygen atoms in total. The van der Waals surface area contributed by atoms with Crippen LogP contribution in [0.3, 0.4) is 0 Å².